The van der Waals surface area contributed by atoms with Gasteiger partial charge in [0, 0.05) is 30.2 Å². The zero-order valence-corrected chi connectivity index (χ0v) is 10.3. The maximum Gasteiger partial charge on any atom is 0.252 e. The SMILES string of the molecule is CCNc1ncc2ccc(=O)n(C(C)C)c2n1. The van der Waals surface area contributed by atoms with Crippen molar-refractivity contribution in [3.05, 3.63) is 28.7 Å². The van der Waals surface area contributed by atoms with Crippen LogP contribution in [0.3, 0.4) is 0 Å². The first-order chi connectivity index (χ1) is 8.13. The Kier molecular flexibility index (Phi) is 3.08. The molecular weight excluding hydrogens is 216 g/mol. The van der Waals surface area contributed by atoms with Crippen molar-refractivity contribution < 1.29 is 0 Å². The molecule has 0 fully saturated rings. The van der Waals surface area contributed by atoms with E-state index in [0.29, 0.717) is 11.6 Å². The van der Waals surface area contributed by atoms with Crippen molar-refractivity contribution >= 4 is 17.0 Å². The monoisotopic (exact) mass is 232 g/mol. The van der Waals surface area contributed by atoms with Crippen LogP contribution >= 0.6 is 0 Å². The summed E-state index contributed by atoms with van der Waals surface area (Å²) in [6, 6.07) is 3.39. The molecule has 0 amide bonds. The van der Waals surface area contributed by atoms with E-state index in [2.05, 4.69) is 15.3 Å². The van der Waals surface area contributed by atoms with Crippen molar-refractivity contribution in [2.75, 3.05) is 11.9 Å². The van der Waals surface area contributed by atoms with Crippen LogP contribution in [0.4, 0.5) is 5.95 Å². The molecule has 0 unspecified atom stereocenters. The van der Waals surface area contributed by atoms with Crippen LogP contribution in [-0.4, -0.2) is 21.1 Å². The average molecular weight is 232 g/mol. The Morgan fingerprint density at radius 2 is 2.18 bits per heavy atom. The van der Waals surface area contributed by atoms with E-state index in [1.54, 1.807) is 22.9 Å². The minimum Gasteiger partial charge on any atom is -0.354 e. The molecule has 0 spiro atoms. The minimum absolute atomic E-state index is 0.0337. The number of fused-ring (bicyclic) bond motifs is 1. The number of aromatic nitrogens is 3. The molecule has 0 atom stereocenters. The quantitative estimate of drug-likeness (QED) is 0.876. The highest BCUT2D eigenvalue weighted by atomic mass is 16.1. The zero-order chi connectivity index (χ0) is 12.4. The van der Waals surface area contributed by atoms with Crippen LogP contribution in [0, 0.1) is 0 Å². The number of rotatable bonds is 3. The summed E-state index contributed by atoms with van der Waals surface area (Å²) < 4.78 is 1.68. The zero-order valence-electron chi connectivity index (χ0n) is 10.3. The van der Waals surface area contributed by atoms with Crippen LogP contribution < -0.4 is 10.9 Å². The lowest BCUT2D eigenvalue weighted by Gasteiger charge is -2.13. The van der Waals surface area contributed by atoms with Gasteiger partial charge < -0.3 is 5.32 Å². The average Bonchev–Trinajstić information content (AvgIpc) is 2.28. The molecule has 17 heavy (non-hydrogen) atoms. The summed E-state index contributed by atoms with van der Waals surface area (Å²) in [5.74, 6) is 0.556. The van der Waals surface area contributed by atoms with Gasteiger partial charge in [0.25, 0.3) is 5.56 Å². The topological polar surface area (TPSA) is 59.8 Å². The second kappa shape index (κ2) is 4.53. The molecule has 2 rings (SSSR count). The fraction of sp³-hybridized carbons (Fsp3) is 0.417. The van der Waals surface area contributed by atoms with Crippen molar-refractivity contribution in [3.63, 3.8) is 0 Å². The molecule has 5 nitrogen and oxygen atoms in total. The van der Waals surface area contributed by atoms with Crippen molar-refractivity contribution in [2.45, 2.75) is 26.8 Å². The number of nitrogens with zero attached hydrogens (tertiary/aromatic N) is 3. The summed E-state index contributed by atoms with van der Waals surface area (Å²) in [6.07, 6.45) is 1.73. The second-order valence-corrected chi connectivity index (χ2v) is 4.14. The molecule has 2 heterocycles. The molecular formula is C12H16N4O. The first kappa shape index (κ1) is 11.6. The molecule has 1 N–H and O–H groups in total. The molecule has 5 heteroatoms. The molecule has 0 saturated carbocycles. The van der Waals surface area contributed by atoms with Gasteiger partial charge in [0.2, 0.25) is 5.95 Å². The van der Waals surface area contributed by atoms with E-state index in [-0.39, 0.29) is 11.6 Å². The second-order valence-electron chi connectivity index (χ2n) is 4.14. The van der Waals surface area contributed by atoms with Gasteiger partial charge >= 0.3 is 0 Å². The van der Waals surface area contributed by atoms with Crippen molar-refractivity contribution in [3.8, 4) is 0 Å². The van der Waals surface area contributed by atoms with Gasteiger partial charge in [0.05, 0.1) is 0 Å². The van der Waals surface area contributed by atoms with Crippen molar-refractivity contribution in [1.82, 2.24) is 14.5 Å². The highest BCUT2D eigenvalue weighted by Crippen LogP contribution is 2.14. The van der Waals surface area contributed by atoms with Gasteiger partial charge in [0.1, 0.15) is 5.65 Å². The number of nitrogens with one attached hydrogen (secondary N) is 1. The van der Waals surface area contributed by atoms with Crippen LogP contribution in [0.25, 0.3) is 11.0 Å². The van der Waals surface area contributed by atoms with Crippen LogP contribution in [0.5, 0.6) is 0 Å². The Labute approximate surface area is 99.5 Å². The minimum atomic E-state index is -0.0337. The Balaban J connectivity index is 2.71. The Morgan fingerprint density at radius 1 is 1.41 bits per heavy atom. The highest BCUT2D eigenvalue weighted by Gasteiger charge is 2.08. The van der Waals surface area contributed by atoms with Gasteiger partial charge in [-0.05, 0) is 26.8 Å². The first-order valence-electron chi connectivity index (χ1n) is 5.75. The van der Waals surface area contributed by atoms with E-state index in [1.165, 1.54) is 0 Å². The molecule has 0 aliphatic carbocycles. The molecule has 90 valence electrons. The summed E-state index contributed by atoms with van der Waals surface area (Å²) in [5.41, 5.74) is 0.645. The van der Waals surface area contributed by atoms with Crippen molar-refractivity contribution in [1.29, 1.82) is 0 Å². The van der Waals surface area contributed by atoms with Gasteiger partial charge in [-0.15, -0.1) is 0 Å². The summed E-state index contributed by atoms with van der Waals surface area (Å²) in [4.78, 5) is 20.4. The molecule has 0 aromatic carbocycles. The smallest absolute Gasteiger partial charge is 0.252 e. The lowest BCUT2D eigenvalue weighted by Crippen LogP contribution is -2.22. The number of hydrogen-bond acceptors (Lipinski definition) is 4. The Morgan fingerprint density at radius 3 is 2.82 bits per heavy atom. The van der Waals surface area contributed by atoms with Crippen molar-refractivity contribution in [2.24, 2.45) is 0 Å². The molecule has 2 aromatic heterocycles. The summed E-state index contributed by atoms with van der Waals surface area (Å²) in [7, 11) is 0. The molecule has 0 saturated heterocycles. The number of hydrogen-bond donors (Lipinski definition) is 1. The lowest BCUT2D eigenvalue weighted by molar-refractivity contribution is 0.595. The van der Waals surface area contributed by atoms with Gasteiger partial charge in [-0.3, -0.25) is 9.36 Å². The van der Waals surface area contributed by atoms with Crippen LogP contribution in [-0.2, 0) is 0 Å². The molecule has 0 radical (unpaired) electrons. The number of anilines is 1. The highest BCUT2D eigenvalue weighted by molar-refractivity contribution is 5.75. The molecule has 0 aliphatic heterocycles. The predicted molar refractivity (Wildman–Crippen MR) is 68.3 cm³/mol. The van der Waals surface area contributed by atoms with E-state index in [1.807, 2.05) is 20.8 Å². The molecule has 0 bridgehead atoms. The Hall–Kier alpha value is -1.91. The largest absolute Gasteiger partial charge is 0.354 e. The standard InChI is InChI=1S/C12H16N4O/c1-4-13-12-14-7-9-5-6-10(17)16(8(2)3)11(9)15-12/h5-8H,4H2,1-3H3,(H,13,14,15). The third-order valence-electron chi connectivity index (χ3n) is 2.52. The van der Waals surface area contributed by atoms with Crippen LogP contribution in [0.15, 0.2) is 23.1 Å². The Bertz CT molecular complexity index is 589. The summed E-state index contributed by atoms with van der Waals surface area (Å²) in [6.45, 7) is 6.67. The van der Waals surface area contributed by atoms with E-state index >= 15 is 0 Å². The van der Waals surface area contributed by atoms with E-state index in [0.717, 1.165) is 11.9 Å². The lowest BCUT2D eigenvalue weighted by atomic mass is 10.3. The van der Waals surface area contributed by atoms with Crippen LogP contribution in [0.2, 0.25) is 0 Å². The molecule has 0 aliphatic rings. The van der Waals surface area contributed by atoms with E-state index < -0.39 is 0 Å². The molecule has 2 aromatic rings. The number of pyridine rings is 1. The van der Waals surface area contributed by atoms with E-state index in [9.17, 15) is 4.79 Å². The van der Waals surface area contributed by atoms with Gasteiger partial charge in [-0.1, -0.05) is 0 Å². The summed E-state index contributed by atoms with van der Waals surface area (Å²) in [5, 5.41) is 3.92. The fourth-order valence-electron chi connectivity index (χ4n) is 1.78. The fourth-order valence-corrected chi connectivity index (χ4v) is 1.78. The van der Waals surface area contributed by atoms with Gasteiger partial charge in [0.15, 0.2) is 0 Å². The first-order valence-corrected chi connectivity index (χ1v) is 5.75. The maximum atomic E-state index is 11.8. The normalized spacial score (nSPS) is 11.1. The third kappa shape index (κ3) is 2.13. The van der Waals surface area contributed by atoms with E-state index in [4.69, 9.17) is 0 Å². The maximum absolute atomic E-state index is 11.8. The summed E-state index contributed by atoms with van der Waals surface area (Å²) >= 11 is 0. The van der Waals surface area contributed by atoms with Crippen LogP contribution in [0.1, 0.15) is 26.8 Å². The van der Waals surface area contributed by atoms with Gasteiger partial charge in [-0.25, -0.2) is 4.98 Å². The third-order valence-corrected chi connectivity index (χ3v) is 2.52. The van der Waals surface area contributed by atoms with Gasteiger partial charge in [-0.2, -0.15) is 4.98 Å². The predicted octanol–water partition coefficient (Wildman–Crippen LogP) is 1.80.